The molecular weight excluding hydrogens is 384 g/mol. The fraction of sp³-hybridized carbons (Fsp3) is 0.111. The Morgan fingerprint density at radius 1 is 1.08 bits per heavy atom. The second kappa shape index (κ2) is 6.75. The monoisotopic (exact) mass is 398 g/mol. The van der Waals surface area contributed by atoms with Crippen LogP contribution >= 0.6 is 27.3 Å². The van der Waals surface area contributed by atoms with Crippen molar-refractivity contribution in [1.29, 1.82) is 0 Å². The van der Waals surface area contributed by atoms with E-state index in [9.17, 15) is 0 Å². The molecule has 6 heteroatoms. The van der Waals surface area contributed by atoms with Crippen LogP contribution in [0.2, 0.25) is 0 Å². The van der Waals surface area contributed by atoms with Gasteiger partial charge in [-0.3, -0.25) is 10.4 Å². The highest BCUT2D eigenvalue weighted by atomic mass is 79.9. The molecule has 0 bridgehead atoms. The zero-order valence-corrected chi connectivity index (χ0v) is 15.2. The third-order valence-corrected chi connectivity index (χ3v) is 5.03. The van der Waals surface area contributed by atoms with Crippen LogP contribution in [-0.2, 0) is 0 Å². The minimum atomic E-state index is 0.783. The summed E-state index contributed by atoms with van der Waals surface area (Å²) in [6.45, 7) is 0.911. The van der Waals surface area contributed by atoms with E-state index in [-0.39, 0.29) is 0 Å². The van der Waals surface area contributed by atoms with E-state index >= 15 is 0 Å². The number of halogens is 1. The van der Waals surface area contributed by atoms with E-state index in [1.807, 2.05) is 35.7 Å². The van der Waals surface area contributed by atoms with Crippen molar-refractivity contribution in [1.82, 2.24) is 10.4 Å². The number of aliphatic imine (C=N–C) groups is 1. The summed E-state index contributed by atoms with van der Waals surface area (Å²) >= 11 is 5.02. The summed E-state index contributed by atoms with van der Waals surface area (Å²) < 4.78 is 1.07. The van der Waals surface area contributed by atoms with E-state index in [2.05, 4.69) is 60.6 Å². The van der Waals surface area contributed by atoms with Crippen molar-refractivity contribution in [3.8, 4) is 11.3 Å². The number of nitrogens with one attached hydrogen (secondary N) is 1. The SMILES string of the molecule is Brc1ccc(-c2csc(N=C3CCN(c4ccccc4)N3)n2)cc1. The molecule has 1 aromatic heterocycles. The van der Waals surface area contributed by atoms with Gasteiger partial charge in [-0.05, 0) is 24.3 Å². The van der Waals surface area contributed by atoms with Gasteiger partial charge in [-0.1, -0.05) is 46.3 Å². The van der Waals surface area contributed by atoms with Crippen molar-refractivity contribution in [2.75, 3.05) is 11.6 Å². The number of thiazole rings is 1. The van der Waals surface area contributed by atoms with Crippen LogP contribution in [0.4, 0.5) is 10.8 Å². The van der Waals surface area contributed by atoms with Gasteiger partial charge in [0.05, 0.1) is 11.4 Å². The fourth-order valence-electron chi connectivity index (χ4n) is 2.55. The van der Waals surface area contributed by atoms with E-state index in [1.165, 1.54) is 0 Å². The molecule has 0 radical (unpaired) electrons. The molecule has 0 atom stereocenters. The summed E-state index contributed by atoms with van der Waals surface area (Å²) in [6.07, 6.45) is 0.891. The first-order valence-electron chi connectivity index (χ1n) is 7.66. The summed E-state index contributed by atoms with van der Waals surface area (Å²) in [5.41, 5.74) is 6.57. The van der Waals surface area contributed by atoms with E-state index in [0.717, 1.165) is 45.4 Å². The largest absolute Gasteiger partial charge is 0.286 e. The molecule has 0 aliphatic carbocycles. The Morgan fingerprint density at radius 3 is 2.67 bits per heavy atom. The molecule has 1 N–H and O–H groups in total. The van der Waals surface area contributed by atoms with Crippen LogP contribution in [0.25, 0.3) is 11.3 Å². The quantitative estimate of drug-likeness (QED) is 0.673. The van der Waals surface area contributed by atoms with Crippen LogP contribution in [0, 0.1) is 0 Å². The summed E-state index contributed by atoms with van der Waals surface area (Å²) in [7, 11) is 0. The van der Waals surface area contributed by atoms with Gasteiger partial charge in [0.2, 0.25) is 5.13 Å². The molecule has 1 aliphatic rings. The zero-order valence-electron chi connectivity index (χ0n) is 12.8. The van der Waals surface area contributed by atoms with Crippen molar-refractivity contribution in [3.63, 3.8) is 0 Å². The Labute approximate surface area is 153 Å². The molecule has 3 aromatic rings. The number of hydrazine groups is 1. The maximum Gasteiger partial charge on any atom is 0.211 e. The highest BCUT2D eigenvalue weighted by molar-refractivity contribution is 9.10. The molecule has 1 saturated heterocycles. The van der Waals surface area contributed by atoms with E-state index < -0.39 is 0 Å². The first-order valence-corrected chi connectivity index (χ1v) is 9.33. The number of amidine groups is 1. The van der Waals surface area contributed by atoms with Crippen molar-refractivity contribution in [2.45, 2.75) is 6.42 Å². The lowest BCUT2D eigenvalue weighted by Crippen LogP contribution is -2.32. The van der Waals surface area contributed by atoms with Crippen molar-refractivity contribution < 1.29 is 0 Å². The molecule has 0 unspecified atom stereocenters. The zero-order chi connectivity index (χ0) is 16.4. The van der Waals surface area contributed by atoms with Gasteiger partial charge >= 0.3 is 0 Å². The highest BCUT2D eigenvalue weighted by Gasteiger charge is 2.17. The standard InChI is InChI=1S/C18H15BrN4S/c19-14-8-6-13(7-9-14)16-12-24-18(20-16)21-17-10-11-23(22-17)15-4-2-1-3-5-15/h1-9,12H,10-11H2,(H,20,21,22). The molecule has 1 fully saturated rings. The predicted molar refractivity (Wildman–Crippen MR) is 104 cm³/mol. The van der Waals surface area contributed by atoms with Crippen LogP contribution in [0.5, 0.6) is 0 Å². The average molecular weight is 399 g/mol. The van der Waals surface area contributed by atoms with E-state index in [0.29, 0.717) is 0 Å². The third kappa shape index (κ3) is 3.34. The first kappa shape index (κ1) is 15.4. The van der Waals surface area contributed by atoms with Gasteiger partial charge in [-0.2, -0.15) is 0 Å². The molecule has 1 aliphatic heterocycles. The molecule has 2 heterocycles. The Morgan fingerprint density at radius 2 is 1.88 bits per heavy atom. The van der Waals surface area contributed by atoms with Crippen LogP contribution in [0.15, 0.2) is 69.4 Å². The molecule has 2 aromatic carbocycles. The average Bonchev–Trinajstić information content (AvgIpc) is 3.27. The highest BCUT2D eigenvalue weighted by Crippen LogP contribution is 2.28. The second-order valence-corrected chi connectivity index (χ2v) is 7.18. The molecule has 4 nitrogen and oxygen atoms in total. The maximum atomic E-state index is 4.66. The number of benzene rings is 2. The van der Waals surface area contributed by atoms with Crippen LogP contribution in [0.3, 0.4) is 0 Å². The van der Waals surface area contributed by atoms with Crippen LogP contribution in [-0.4, -0.2) is 17.4 Å². The molecule has 24 heavy (non-hydrogen) atoms. The normalized spacial score (nSPS) is 15.7. The molecule has 4 rings (SSSR count). The molecule has 120 valence electrons. The number of aromatic nitrogens is 1. The lowest BCUT2D eigenvalue weighted by molar-refractivity contribution is 0.858. The predicted octanol–water partition coefficient (Wildman–Crippen LogP) is 5.02. The molecule has 0 amide bonds. The third-order valence-electron chi connectivity index (χ3n) is 3.77. The number of hydrogen-bond acceptors (Lipinski definition) is 4. The fourth-order valence-corrected chi connectivity index (χ4v) is 3.54. The van der Waals surface area contributed by atoms with Gasteiger partial charge in [0, 0.05) is 28.4 Å². The Hall–Kier alpha value is -2.18. The van der Waals surface area contributed by atoms with Gasteiger partial charge in [-0.25, -0.2) is 9.98 Å². The van der Waals surface area contributed by atoms with Gasteiger partial charge in [-0.15, -0.1) is 11.3 Å². The van der Waals surface area contributed by atoms with Gasteiger partial charge in [0.1, 0.15) is 5.84 Å². The number of nitrogens with zero attached hydrogens (tertiary/aromatic N) is 3. The smallest absolute Gasteiger partial charge is 0.211 e. The summed E-state index contributed by atoms with van der Waals surface area (Å²) in [5, 5.41) is 4.94. The number of hydrogen-bond donors (Lipinski definition) is 1. The number of para-hydroxylation sites is 1. The molecular formula is C18H15BrN4S. The van der Waals surface area contributed by atoms with Crippen LogP contribution in [0.1, 0.15) is 6.42 Å². The minimum absolute atomic E-state index is 0.783. The van der Waals surface area contributed by atoms with E-state index in [4.69, 9.17) is 0 Å². The molecule has 0 spiro atoms. The van der Waals surface area contributed by atoms with Crippen molar-refractivity contribution in [2.24, 2.45) is 4.99 Å². The maximum absolute atomic E-state index is 4.66. The Kier molecular flexibility index (Phi) is 4.32. The lowest BCUT2D eigenvalue weighted by Gasteiger charge is -2.17. The second-order valence-electron chi connectivity index (χ2n) is 5.43. The Bertz CT molecular complexity index is 858. The minimum Gasteiger partial charge on any atom is -0.286 e. The van der Waals surface area contributed by atoms with Crippen molar-refractivity contribution in [3.05, 3.63) is 64.5 Å². The van der Waals surface area contributed by atoms with Crippen molar-refractivity contribution >= 4 is 43.9 Å². The summed E-state index contributed by atoms with van der Waals surface area (Å²) in [6, 6.07) is 18.4. The summed E-state index contributed by atoms with van der Waals surface area (Å²) in [4.78, 5) is 9.29. The number of rotatable bonds is 3. The number of anilines is 1. The van der Waals surface area contributed by atoms with Gasteiger partial charge < -0.3 is 0 Å². The summed E-state index contributed by atoms with van der Waals surface area (Å²) in [5.74, 6) is 0.954. The van der Waals surface area contributed by atoms with Gasteiger partial charge in [0.15, 0.2) is 0 Å². The topological polar surface area (TPSA) is 40.5 Å². The Balaban J connectivity index is 1.50. The lowest BCUT2D eigenvalue weighted by atomic mass is 10.2. The van der Waals surface area contributed by atoms with Gasteiger partial charge in [0.25, 0.3) is 0 Å². The molecule has 0 saturated carbocycles. The first-order chi connectivity index (χ1) is 11.8. The van der Waals surface area contributed by atoms with Crippen LogP contribution < -0.4 is 10.4 Å². The van der Waals surface area contributed by atoms with E-state index in [1.54, 1.807) is 11.3 Å².